The maximum Gasteiger partial charge on any atom is 0.255 e. The summed E-state index contributed by atoms with van der Waals surface area (Å²) in [7, 11) is -3.38. The molecule has 0 spiro atoms. The molecule has 2 aromatic carbocycles. The Bertz CT molecular complexity index is 1010. The molecule has 156 valence electrons. The Hall–Kier alpha value is -2.45. The Morgan fingerprint density at radius 1 is 1.10 bits per heavy atom. The lowest BCUT2D eigenvalue weighted by atomic mass is 10.1. The first-order chi connectivity index (χ1) is 13.9. The van der Waals surface area contributed by atoms with Gasteiger partial charge in [0.05, 0.1) is 29.7 Å². The molecule has 0 saturated carbocycles. The SMILES string of the molecule is CCOc1ccc(C(=O)Nc2ccc(Cl)c(N3CCCS3(=O)=O)c2)cc1OCC. The van der Waals surface area contributed by atoms with Crippen molar-refractivity contribution >= 4 is 38.9 Å². The van der Waals surface area contributed by atoms with Gasteiger partial charge in [0.25, 0.3) is 5.91 Å². The van der Waals surface area contributed by atoms with E-state index in [1.165, 1.54) is 4.31 Å². The van der Waals surface area contributed by atoms with Crippen LogP contribution in [0.5, 0.6) is 11.5 Å². The van der Waals surface area contributed by atoms with Gasteiger partial charge in [-0.1, -0.05) is 11.6 Å². The Labute approximate surface area is 175 Å². The fourth-order valence-corrected chi connectivity index (χ4v) is 4.93. The molecule has 0 radical (unpaired) electrons. The number of carbonyl (C=O) groups excluding carboxylic acids is 1. The van der Waals surface area contributed by atoms with E-state index in [9.17, 15) is 13.2 Å². The highest BCUT2D eigenvalue weighted by Crippen LogP contribution is 2.34. The molecule has 1 saturated heterocycles. The maximum absolute atomic E-state index is 12.7. The summed E-state index contributed by atoms with van der Waals surface area (Å²) in [5, 5.41) is 3.10. The number of hydrogen-bond acceptors (Lipinski definition) is 5. The summed E-state index contributed by atoms with van der Waals surface area (Å²) in [6, 6.07) is 9.72. The number of rotatable bonds is 7. The molecule has 2 aromatic rings. The third-order valence-corrected chi connectivity index (χ3v) is 6.55. The smallest absolute Gasteiger partial charge is 0.255 e. The first-order valence-corrected chi connectivity index (χ1v) is 11.4. The molecule has 0 atom stereocenters. The highest BCUT2D eigenvalue weighted by Gasteiger charge is 2.30. The first kappa shape index (κ1) is 21.3. The number of anilines is 2. The van der Waals surface area contributed by atoms with Crippen molar-refractivity contribution in [2.24, 2.45) is 0 Å². The van der Waals surface area contributed by atoms with Crippen molar-refractivity contribution in [2.75, 3.05) is 35.1 Å². The molecule has 1 aliphatic heterocycles. The summed E-state index contributed by atoms with van der Waals surface area (Å²) in [6.45, 7) is 5.02. The summed E-state index contributed by atoms with van der Waals surface area (Å²) in [5.74, 6) is 0.791. The molecule has 1 N–H and O–H groups in total. The Morgan fingerprint density at radius 3 is 2.48 bits per heavy atom. The van der Waals surface area contributed by atoms with E-state index in [2.05, 4.69) is 5.32 Å². The summed E-state index contributed by atoms with van der Waals surface area (Å²) in [4.78, 5) is 12.7. The number of ether oxygens (including phenoxy) is 2. The van der Waals surface area contributed by atoms with Gasteiger partial charge in [0.2, 0.25) is 10.0 Å². The first-order valence-electron chi connectivity index (χ1n) is 9.36. The van der Waals surface area contributed by atoms with Gasteiger partial charge < -0.3 is 14.8 Å². The van der Waals surface area contributed by atoms with E-state index in [4.69, 9.17) is 21.1 Å². The molecular formula is C20H23ClN2O5S. The van der Waals surface area contributed by atoms with Gasteiger partial charge in [-0.2, -0.15) is 0 Å². The van der Waals surface area contributed by atoms with Gasteiger partial charge in [-0.05, 0) is 56.7 Å². The number of nitrogens with zero attached hydrogens (tertiary/aromatic N) is 1. The minimum absolute atomic E-state index is 0.0896. The number of nitrogens with one attached hydrogen (secondary N) is 1. The second-order valence-electron chi connectivity index (χ2n) is 6.39. The van der Waals surface area contributed by atoms with Crippen LogP contribution in [-0.4, -0.2) is 39.8 Å². The third-order valence-electron chi connectivity index (χ3n) is 4.38. The molecule has 7 nitrogen and oxygen atoms in total. The molecule has 0 aliphatic carbocycles. The van der Waals surface area contributed by atoms with Crippen LogP contribution < -0.4 is 19.1 Å². The molecular weight excluding hydrogens is 416 g/mol. The van der Waals surface area contributed by atoms with E-state index >= 15 is 0 Å². The van der Waals surface area contributed by atoms with Crippen molar-refractivity contribution in [3.63, 3.8) is 0 Å². The minimum Gasteiger partial charge on any atom is -0.490 e. The number of carbonyl (C=O) groups is 1. The van der Waals surface area contributed by atoms with Crippen LogP contribution in [0, 0.1) is 0 Å². The largest absolute Gasteiger partial charge is 0.490 e. The van der Waals surface area contributed by atoms with Crippen molar-refractivity contribution < 1.29 is 22.7 Å². The van der Waals surface area contributed by atoms with Crippen molar-refractivity contribution in [3.8, 4) is 11.5 Å². The molecule has 9 heteroatoms. The number of hydrogen-bond donors (Lipinski definition) is 1. The van der Waals surface area contributed by atoms with Crippen molar-refractivity contribution in [1.29, 1.82) is 0 Å². The molecule has 0 unspecified atom stereocenters. The molecule has 1 amide bonds. The van der Waals surface area contributed by atoms with E-state index in [0.717, 1.165) is 0 Å². The van der Waals surface area contributed by atoms with Gasteiger partial charge in [-0.25, -0.2) is 8.42 Å². The predicted molar refractivity (Wildman–Crippen MR) is 114 cm³/mol. The van der Waals surface area contributed by atoms with Gasteiger partial charge >= 0.3 is 0 Å². The highest BCUT2D eigenvalue weighted by atomic mass is 35.5. The van der Waals surface area contributed by atoms with Crippen LogP contribution in [0.25, 0.3) is 0 Å². The molecule has 1 fully saturated rings. The normalized spacial score (nSPS) is 15.2. The van der Waals surface area contributed by atoms with Crippen LogP contribution in [0.4, 0.5) is 11.4 Å². The van der Waals surface area contributed by atoms with Crippen molar-refractivity contribution in [3.05, 3.63) is 47.0 Å². The summed E-state index contributed by atoms with van der Waals surface area (Å²) in [6.07, 6.45) is 0.543. The van der Waals surface area contributed by atoms with E-state index < -0.39 is 10.0 Å². The minimum atomic E-state index is -3.38. The second kappa shape index (κ2) is 8.92. The zero-order valence-electron chi connectivity index (χ0n) is 16.3. The van der Waals surface area contributed by atoms with Gasteiger partial charge in [0.1, 0.15) is 0 Å². The van der Waals surface area contributed by atoms with E-state index in [1.807, 2.05) is 13.8 Å². The number of sulfonamides is 1. The van der Waals surface area contributed by atoms with Crippen LogP contribution in [0.2, 0.25) is 5.02 Å². The highest BCUT2D eigenvalue weighted by molar-refractivity contribution is 7.93. The van der Waals surface area contributed by atoms with Gasteiger partial charge in [0.15, 0.2) is 11.5 Å². The zero-order valence-corrected chi connectivity index (χ0v) is 17.8. The molecule has 0 bridgehead atoms. The van der Waals surface area contributed by atoms with Crippen LogP contribution in [0.15, 0.2) is 36.4 Å². The van der Waals surface area contributed by atoms with E-state index in [-0.39, 0.29) is 11.7 Å². The predicted octanol–water partition coefficient (Wildman–Crippen LogP) is 3.93. The molecule has 0 aromatic heterocycles. The van der Waals surface area contributed by atoms with Crippen molar-refractivity contribution in [1.82, 2.24) is 0 Å². The quantitative estimate of drug-likeness (QED) is 0.707. The van der Waals surface area contributed by atoms with Crippen LogP contribution in [-0.2, 0) is 10.0 Å². The van der Waals surface area contributed by atoms with Crippen LogP contribution in [0.3, 0.4) is 0 Å². The number of halogens is 1. The van der Waals surface area contributed by atoms with Gasteiger partial charge in [-0.15, -0.1) is 0 Å². The molecule has 1 aliphatic rings. The fraction of sp³-hybridized carbons (Fsp3) is 0.350. The van der Waals surface area contributed by atoms with Crippen molar-refractivity contribution in [2.45, 2.75) is 20.3 Å². The monoisotopic (exact) mass is 438 g/mol. The number of amides is 1. The lowest BCUT2D eigenvalue weighted by molar-refractivity contribution is 0.102. The number of benzene rings is 2. The lowest BCUT2D eigenvalue weighted by Crippen LogP contribution is -2.25. The van der Waals surface area contributed by atoms with Gasteiger partial charge in [0, 0.05) is 17.8 Å². The van der Waals surface area contributed by atoms with Gasteiger partial charge in [-0.3, -0.25) is 9.10 Å². The average Bonchev–Trinajstić information content (AvgIpc) is 3.04. The third kappa shape index (κ3) is 4.76. The zero-order chi connectivity index (χ0) is 21.0. The standard InChI is InChI=1S/C20H23ClN2O5S/c1-3-27-18-9-6-14(12-19(18)28-4-2)20(24)22-15-7-8-16(21)17(13-15)23-10-5-11-29(23,25)26/h6-9,12-13H,3-5,10-11H2,1-2H3,(H,22,24). The molecule has 29 heavy (non-hydrogen) atoms. The van der Waals surface area contributed by atoms with E-state index in [1.54, 1.807) is 36.4 Å². The summed E-state index contributed by atoms with van der Waals surface area (Å²) >= 11 is 6.21. The van der Waals surface area contributed by atoms with E-state index in [0.29, 0.717) is 59.6 Å². The average molecular weight is 439 g/mol. The Kier molecular flexibility index (Phi) is 6.54. The fourth-order valence-electron chi connectivity index (χ4n) is 3.09. The second-order valence-corrected chi connectivity index (χ2v) is 8.81. The Morgan fingerprint density at radius 2 is 1.83 bits per heavy atom. The molecule has 3 rings (SSSR count). The van der Waals surface area contributed by atoms with Crippen LogP contribution >= 0.6 is 11.6 Å². The molecule has 1 heterocycles. The lowest BCUT2D eigenvalue weighted by Gasteiger charge is -2.19. The summed E-state index contributed by atoms with van der Waals surface area (Å²) < 4.78 is 36.8. The van der Waals surface area contributed by atoms with Crippen LogP contribution in [0.1, 0.15) is 30.6 Å². The Balaban J connectivity index is 1.84. The summed E-state index contributed by atoms with van der Waals surface area (Å²) in [5.41, 5.74) is 1.20. The topological polar surface area (TPSA) is 84.9 Å². The maximum atomic E-state index is 12.7.